The van der Waals surface area contributed by atoms with Crippen LogP contribution in [0.15, 0.2) is 6.20 Å². The predicted molar refractivity (Wildman–Crippen MR) is 74.8 cm³/mol. The third-order valence-corrected chi connectivity index (χ3v) is 4.89. The molecule has 2 unspecified atom stereocenters. The number of nitrogens with one attached hydrogen (secondary N) is 2. The lowest BCUT2D eigenvalue weighted by Gasteiger charge is -2.27. The summed E-state index contributed by atoms with van der Waals surface area (Å²) in [6, 6.07) is -0.0370. The van der Waals surface area contributed by atoms with E-state index in [0.717, 1.165) is 4.88 Å². The average molecular weight is 296 g/mol. The number of halogens is 1. The Labute approximate surface area is 114 Å². The van der Waals surface area contributed by atoms with Gasteiger partial charge in [0.05, 0.1) is 0 Å². The lowest BCUT2D eigenvalue weighted by Crippen LogP contribution is -2.43. The van der Waals surface area contributed by atoms with Crippen LogP contribution in [-0.4, -0.2) is 27.9 Å². The molecule has 1 rings (SSSR count). The van der Waals surface area contributed by atoms with Crippen molar-refractivity contribution in [2.75, 3.05) is 13.6 Å². The fraction of sp³-hybridized carbons (Fsp3) is 0.700. The summed E-state index contributed by atoms with van der Waals surface area (Å²) < 4.78 is 15.4. The number of thiazole rings is 1. The Hall–Kier alpha value is 0.150. The van der Waals surface area contributed by atoms with E-state index >= 15 is 0 Å². The van der Waals surface area contributed by atoms with Gasteiger partial charge < -0.3 is 9.87 Å². The van der Waals surface area contributed by atoms with Crippen LogP contribution in [0.5, 0.6) is 0 Å². The Morgan fingerprint density at radius 2 is 2.24 bits per heavy atom. The van der Waals surface area contributed by atoms with Crippen molar-refractivity contribution in [2.45, 2.75) is 31.6 Å². The van der Waals surface area contributed by atoms with Gasteiger partial charge in [0, 0.05) is 29.0 Å². The van der Waals surface area contributed by atoms with E-state index in [0.29, 0.717) is 11.0 Å². The number of rotatable bonds is 5. The molecule has 4 nitrogen and oxygen atoms in total. The highest BCUT2D eigenvalue weighted by atomic mass is 35.5. The number of hydrogen-bond donors (Lipinski definition) is 2. The number of aromatic nitrogens is 1. The van der Waals surface area contributed by atoms with Gasteiger partial charge in [-0.3, -0.25) is 0 Å². The van der Waals surface area contributed by atoms with Gasteiger partial charge in [0.25, 0.3) is 0 Å². The first kappa shape index (κ1) is 15.2. The van der Waals surface area contributed by atoms with Crippen LogP contribution in [0.1, 0.15) is 31.7 Å². The summed E-state index contributed by atoms with van der Waals surface area (Å²) in [4.78, 5) is 4.99. The topological polar surface area (TPSA) is 60.0 Å². The second-order valence-electron chi connectivity index (χ2n) is 4.62. The standard InChI is InChI=1S/C10H18ClN3OS2/c1-10(2,3)17(15)14-7(5-12-4)8-6-13-9(11)16-8/h6-7,12,14H,5H2,1-4H3. The van der Waals surface area contributed by atoms with E-state index < -0.39 is 11.4 Å². The molecule has 17 heavy (non-hydrogen) atoms. The van der Waals surface area contributed by atoms with E-state index in [1.54, 1.807) is 6.20 Å². The third kappa shape index (κ3) is 4.73. The fourth-order valence-corrected chi connectivity index (χ4v) is 3.04. The lowest BCUT2D eigenvalue weighted by molar-refractivity contribution is 0.517. The normalized spacial score (nSPS) is 15.9. The largest absolute Gasteiger partial charge is 0.598 e. The molecule has 0 aliphatic rings. The minimum Gasteiger partial charge on any atom is -0.598 e. The molecule has 0 spiro atoms. The molecule has 98 valence electrons. The average Bonchev–Trinajstić information content (AvgIpc) is 2.62. The van der Waals surface area contributed by atoms with Crippen molar-refractivity contribution in [1.29, 1.82) is 0 Å². The Morgan fingerprint density at radius 1 is 1.59 bits per heavy atom. The van der Waals surface area contributed by atoms with Gasteiger partial charge >= 0.3 is 0 Å². The summed E-state index contributed by atoms with van der Waals surface area (Å²) in [6.07, 6.45) is 1.72. The molecule has 0 aliphatic heterocycles. The van der Waals surface area contributed by atoms with Crippen molar-refractivity contribution in [1.82, 2.24) is 15.0 Å². The fourth-order valence-electron chi connectivity index (χ4n) is 1.14. The molecule has 0 amide bonds. The zero-order valence-corrected chi connectivity index (χ0v) is 12.8. The van der Waals surface area contributed by atoms with E-state index in [2.05, 4.69) is 15.0 Å². The first-order valence-electron chi connectivity index (χ1n) is 5.28. The minimum atomic E-state index is -1.11. The summed E-state index contributed by atoms with van der Waals surface area (Å²) in [7, 11) is 1.86. The van der Waals surface area contributed by atoms with Gasteiger partial charge in [-0.05, 0) is 27.8 Å². The Kier molecular flexibility index (Phi) is 5.69. The van der Waals surface area contributed by atoms with Crippen molar-refractivity contribution in [3.05, 3.63) is 15.5 Å². The van der Waals surface area contributed by atoms with Gasteiger partial charge in [-0.25, -0.2) is 4.98 Å². The van der Waals surface area contributed by atoms with E-state index in [1.807, 2.05) is 27.8 Å². The molecule has 0 radical (unpaired) electrons. The third-order valence-electron chi connectivity index (χ3n) is 2.05. The highest BCUT2D eigenvalue weighted by Gasteiger charge is 2.30. The van der Waals surface area contributed by atoms with Crippen molar-refractivity contribution in [3.8, 4) is 0 Å². The van der Waals surface area contributed by atoms with E-state index in [4.69, 9.17) is 11.6 Å². The predicted octanol–water partition coefficient (Wildman–Crippen LogP) is 2.11. The Morgan fingerprint density at radius 3 is 2.65 bits per heavy atom. The maximum absolute atomic E-state index is 12.1. The molecule has 0 bridgehead atoms. The van der Waals surface area contributed by atoms with Gasteiger partial charge in [0.15, 0.2) is 4.47 Å². The molecule has 0 saturated heterocycles. The summed E-state index contributed by atoms with van der Waals surface area (Å²) in [6.45, 7) is 6.49. The summed E-state index contributed by atoms with van der Waals surface area (Å²) in [5.41, 5.74) is 0. The second-order valence-corrected chi connectivity index (χ2v) is 8.27. The lowest BCUT2D eigenvalue weighted by atomic mass is 10.3. The molecular weight excluding hydrogens is 278 g/mol. The first-order valence-corrected chi connectivity index (χ1v) is 7.63. The van der Waals surface area contributed by atoms with E-state index in [1.165, 1.54) is 11.3 Å². The maximum Gasteiger partial charge on any atom is 0.183 e. The molecule has 2 atom stereocenters. The van der Waals surface area contributed by atoms with Crippen LogP contribution < -0.4 is 10.0 Å². The Bertz CT molecular complexity index is 354. The highest BCUT2D eigenvalue weighted by Crippen LogP contribution is 2.26. The molecule has 1 aromatic rings. The van der Waals surface area contributed by atoms with Crippen molar-refractivity contribution < 1.29 is 4.55 Å². The highest BCUT2D eigenvalue weighted by molar-refractivity contribution is 7.90. The molecule has 0 aliphatic carbocycles. The van der Waals surface area contributed by atoms with Crippen LogP contribution in [0.3, 0.4) is 0 Å². The number of hydrogen-bond acceptors (Lipinski definition) is 5. The summed E-state index contributed by atoms with van der Waals surface area (Å²) in [5, 5.41) is 3.07. The van der Waals surface area contributed by atoms with E-state index in [9.17, 15) is 4.55 Å². The van der Waals surface area contributed by atoms with Gasteiger partial charge in [-0.2, -0.15) is 0 Å². The van der Waals surface area contributed by atoms with Gasteiger partial charge in [0.1, 0.15) is 10.8 Å². The van der Waals surface area contributed by atoms with Gasteiger partial charge in [-0.1, -0.05) is 11.6 Å². The molecule has 1 heterocycles. The number of likely N-dealkylation sites (N-methyl/N-ethyl adjacent to an activating group) is 1. The molecule has 1 aromatic heterocycles. The van der Waals surface area contributed by atoms with Gasteiger partial charge in [0.2, 0.25) is 0 Å². The molecule has 2 N–H and O–H groups in total. The van der Waals surface area contributed by atoms with Crippen LogP contribution in [0.4, 0.5) is 0 Å². The van der Waals surface area contributed by atoms with Gasteiger partial charge in [-0.15, -0.1) is 16.1 Å². The number of nitrogens with zero attached hydrogens (tertiary/aromatic N) is 1. The SMILES string of the molecule is CNCC(N[S+]([O-])C(C)(C)C)c1cnc(Cl)s1. The quantitative estimate of drug-likeness (QED) is 0.817. The molecule has 0 fully saturated rings. The second kappa shape index (κ2) is 6.36. The van der Waals surface area contributed by atoms with Crippen molar-refractivity contribution in [3.63, 3.8) is 0 Å². The minimum absolute atomic E-state index is 0.0370. The van der Waals surface area contributed by atoms with Crippen LogP contribution in [0.25, 0.3) is 0 Å². The zero-order chi connectivity index (χ0) is 13.1. The maximum atomic E-state index is 12.1. The van der Waals surface area contributed by atoms with Crippen molar-refractivity contribution >= 4 is 34.3 Å². The van der Waals surface area contributed by atoms with E-state index in [-0.39, 0.29) is 10.8 Å². The Balaban J connectivity index is 2.73. The van der Waals surface area contributed by atoms with Crippen LogP contribution in [0, 0.1) is 0 Å². The van der Waals surface area contributed by atoms with Crippen molar-refractivity contribution in [2.24, 2.45) is 0 Å². The smallest absolute Gasteiger partial charge is 0.183 e. The van der Waals surface area contributed by atoms with Crippen LogP contribution in [0.2, 0.25) is 4.47 Å². The summed E-state index contributed by atoms with van der Waals surface area (Å²) in [5.74, 6) is 0. The molecule has 0 aromatic carbocycles. The monoisotopic (exact) mass is 295 g/mol. The molecule has 0 saturated carbocycles. The van der Waals surface area contributed by atoms with Crippen LogP contribution in [-0.2, 0) is 11.4 Å². The molecule has 7 heteroatoms. The summed E-state index contributed by atoms with van der Waals surface area (Å²) >= 11 is 6.11. The zero-order valence-electron chi connectivity index (χ0n) is 10.4. The van der Waals surface area contributed by atoms with Crippen LogP contribution >= 0.6 is 22.9 Å². The first-order chi connectivity index (χ1) is 7.84. The molecular formula is C10H18ClN3OS2.